The highest BCUT2D eigenvalue weighted by Gasteiger charge is 2.35. The summed E-state index contributed by atoms with van der Waals surface area (Å²) in [5.41, 5.74) is 4.18. The Balaban J connectivity index is 1.23. The Morgan fingerprint density at radius 2 is 2.15 bits per heavy atom. The van der Waals surface area contributed by atoms with Crippen molar-refractivity contribution in [2.45, 2.75) is 57.3 Å². The third-order valence-electron chi connectivity index (χ3n) is 6.56. The number of fused-ring (bicyclic) bond motifs is 1. The summed E-state index contributed by atoms with van der Waals surface area (Å²) in [5.74, 6) is 0.229. The maximum absolute atomic E-state index is 12.1. The molecule has 0 saturated carbocycles. The van der Waals surface area contributed by atoms with Gasteiger partial charge < -0.3 is 19.9 Å². The van der Waals surface area contributed by atoms with E-state index in [1.807, 2.05) is 29.2 Å². The molecule has 33 heavy (non-hydrogen) atoms. The number of aromatic nitrogens is 1. The minimum atomic E-state index is -0.828. The first-order valence-electron chi connectivity index (χ1n) is 12.0. The molecule has 178 valence electrons. The predicted molar refractivity (Wildman–Crippen MR) is 127 cm³/mol. The Morgan fingerprint density at radius 3 is 3.00 bits per heavy atom. The van der Waals surface area contributed by atoms with Gasteiger partial charge in [0.15, 0.2) is 0 Å². The highest BCUT2D eigenvalue weighted by atomic mass is 16.5. The number of rotatable bonds is 11. The molecule has 1 aromatic carbocycles. The van der Waals surface area contributed by atoms with Crippen LogP contribution in [0.15, 0.2) is 36.4 Å². The van der Waals surface area contributed by atoms with Gasteiger partial charge in [0.25, 0.3) is 0 Å². The van der Waals surface area contributed by atoms with Crippen LogP contribution in [0, 0.1) is 0 Å². The first-order chi connectivity index (χ1) is 16.2. The van der Waals surface area contributed by atoms with E-state index in [1.165, 1.54) is 12.0 Å². The summed E-state index contributed by atoms with van der Waals surface area (Å²) in [6.07, 6.45) is 6.18. The minimum Gasteiger partial charge on any atom is -0.480 e. The number of hydrogen-bond donors (Lipinski definition) is 2. The van der Waals surface area contributed by atoms with Gasteiger partial charge in [-0.1, -0.05) is 30.3 Å². The first kappa shape index (κ1) is 23.7. The lowest BCUT2D eigenvalue weighted by atomic mass is 9.99. The van der Waals surface area contributed by atoms with Crippen molar-refractivity contribution in [3.05, 3.63) is 58.8 Å². The summed E-state index contributed by atoms with van der Waals surface area (Å²) in [6, 6.07) is 11.3. The number of likely N-dealkylation sites (tertiary alicyclic amines) is 1. The van der Waals surface area contributed by atoms with Crippen LogP contribution in [-0.2, 0) is 33.7 Å². The molecular formula is C26H35N3O4. The second-order valence-corrected chi connectivity index (χ2v) is 8.95. The number of methoxy groups -OCH3 is 1. The number of nitrogens with one attached hydrogen (secondary N) is 1. The number of carboxylic acid groups (broad SMARTS) is 1. The van der Waals surface area contributed by atoms with Crippen LogP contribution in [0.3, 0.4) is 0 Å². The zero-order valence-electron chi connectivity index (χ0n) is 19.5. The number of aliphatic carboxylic acids is 1. The molecule has 0 amide bonds. The minimum absolute atomic E-state index is 0.0764. The van der Waals surface area contributed by atoms with Gasteiger partial charge in [0, 0.05) is 39.0 Å². The Bertz CT molecular complexity index is 936. The number of anilines is 1. The van der Waals surface area contributed by atoms with Gasteiger partial charge in [0.05, 0.1) is 12.7 Å². The molecule has 7 nitrogen and oxygen atoms in total. The van der Waals surface area contributed by atoms with E-state index in [-0.39, 0.29) is 6.10 Å². The number of nitrogens with zero attached hydrogens (tertiary/aromatic N) is 2. The van der Waals surface area contributed by atoms with E-state index in [0.29, 0.717) is 19.8 Å². The number of carbonyl (C=O) groups is 1. The summed E-state index contributed by atoms with van der Waals surface area (Å²) in [4.78, 5) is 18.9. The van der Waals surface area contributed by atoms with Crippen LogP contribution in [-0.4, -0.2) is 60.4 Å². The highest BCUT2D eigenvalue weighted by Crippen LogP contribution is 2.29. The molecule has 2 N–H and O–H groups in total. The van der Waals surface area contributed by atoms with Gasteiger partial charge in [-0.25, -0.2) is 4.98 Å². The van der Waals surface area contributed by atoms with Crippen LogP contribution in [0.25, 0.3) is 0 Å². The molecular weight excluding hydrogens is 418 g/mol. The summed E-state index contributed by atoms with van der Waals surface area (Å²) in [6.45, 7) is 3.46. The maximum Gasteiger partial charge on any atom is 0.325 e. The lowest BCUT2D eigenvalue weighted by Gasteiger charge is -2.26. The standard InChI is InChI=1S/C26H35N3O4/c1-32-18-20-7-2-3-10-23(20)24(26(30)31)29-15-13-22(17-29)33-16-5-4-9-21-12-11-19-8-6-14-27-25(19)28-21/h2-3,7,10-12,22,24H,4-6,8-9,13-18H2,1H3,(H,27,28)(H,30,31)/t22-,24-/m1/s1. The zero-order chi connectivity index (χ0) is 23.0. The molecule has 0 radical (unpaired) electrons. The van der Waals surface area contributed by atoms with Gasteiger partial charge in [-0.05, 0) is 61.3 Å². The molecule has 2 aromatic rings. The van der Waals surface area contributed by atoms with Gasteiger partial charge in [-0.2, -0.15) is 0 Å². The van der Waals surface area contributed by atoms with Crippen LogP contribution in [0.2, 0.25) is 0 Å². The molecule has 1 saturated heterocycles. The van der Waals surface area contributed by atoms with E-state index >= 15 is 0 Å². The number of aryl methyl sites for hydroxylation is 2. The molecule has 2 atom stereocenters. The molecule has 0 aliphatic carbocycles. The molecule has 4 rings (SSSR count). The number of unbranched alkanes of at least 4 members (excludes halogenated alkanes) is 1. The normalized spacial score (nSPS) is 19.1. The maximum atomic E-state index is 12.1. The molecule has 1 fully saturated rings. The summed E-state index contributed by atoms with van der Waals surface area (Å²) in [7, 11) is 1.63. The number of benzene rings is 1. The van der Waals surface area contributed by atoms with Crippen LogP contribution >= 0.6 is 0 Å². The second kappa shape index (κ2) is 11.6. The van der Waals surface area contributed by atoms with Crippen LogP contribution in [0.5, 0.6) is 0 Å². The molecule has 2 aliphatic heterocycles. The third kappa shape index (κ3) is 6.10. The quantitative estimate of drug-likeness (QED) is 0.500. The Hall–Kier alpha value is -2.48. The van der Waals surface area contributed by atoms with E-state index in [0.717, 1.165) is 67.8 Å². The SMILES string of the molecule is COCc1ccccc1[C@H](C(=O)O)N1CC[C@@H](OCCCCc2ccc3c(n2)NCCC3)C1. The number of carboxylic acids is 1. The van der Waals surface area contributed by atoms with E-state index in [9.17, 15) is 9.90 Å². The fraction of sp³-hybridized carbons (Fsp3) is 0.538. The zero-order valence-corrected chi connectivity index (χ0v) is 19.5. The van der Waals surface area contributed by atoms with Crippen molar-refractivity contribution in [2.75, 3.05) is 38.7 Å². The molecule has 0 unspecified atom stereocenters. The summed E-state index contributed by atoms with van der Waals surface area (Å²) < 4.78 is 11.4. The Labute approximate surface area is 196 Å². The fourth-order valence-corrected chi connectivity index (χ4v) is 4.86. The van der Waals surface area contributed by atoms with Crippen molar-refractivity contribution >= 4 is 11.8 Å². The van der Waals surface area contributed by atoms with Crippen molar-refractivity contribution < 1.29 is 19.4 Å². The lowest BCUT2D eigenvalue weighted by molar-refractivity contribution is -0.143. The lowest BCUT2D eigenvalue weighted by Crippen LogP contribution is -2.34. The summed E-state index contributed by atoms with van der Waals surface area (Å²) >= 11 is 0. The Morgan fingerprint density at radius 1 is 1.27 bits per heavy atom. The number of pyridine rings is 1. The predicted octanol–water partition coefficient (Wildman–Crippen LogP) is 3.83. The van der Waals surface area contributed by atoms with Crippen molar-refractivity contribution in [3.8, 4) is 0 Å². The summed E-state index contributed by atoms with van der Waals surface area (Å²) in [5, 5.41) is 13.4. The van der Waals surface area contributed by atoms with Crippen molar-refractivity contribution in [3.63, 3.8) is 0 Å². The molecule has 7 heteroatoms. The van der Waals surface area contributed by atoms with E-state index in [1.54, 1.807) is 7.11 Å². The number of ether oxygens (including phenoxy) is 2. The van der Waals surface area contributed by atoms with Crippen LogP contribution in [0.1, 0.15) is 54.1 Å². The monoisotopic (exact) mass is 453 g/mol. The van der Waals surface area contributed by atoms with Gasteiger partial charge in [0.2, 0.25) is 0 Å². The average molecular weight is 454 g/mol. The first-order valence-corrected chi connectivity index (χ1v) is 12.0. The van der Waals surface area contributed by atoms with Crippen LogP contribution in [0.4, 0.5) is 5.82 Å². The van der Waals surface area contributed by atoms with Crippen molar-refractivity contribution in [2.24, 2.45) is 0 Å². The van der Waals surface area contributed by atoms with E-state index in [4.69, 9.17) is 14.5 Å². The van der Waals surface area contributed by atoms with Crippen molar-refractivity contribution in [1.82, 2.24) is 9.88 Å². The Kier molecular flexibility index (Phi) is 8.31. The molecule has 3 heterocycles. The average Bonchev–Trinajstić information content (AvgIpc) is 3.28. The van der Waals surface area contributed by atoms with Gasteiger partial charge >= 0.3 is 5.97 Å². The van der Waals surface area contributed by atoms with Gasteiger partial charge in [-0.15, -0.1) is 0 Å². The van der Waals surface area contributed by atoms with E-state index in [2.05, 4.69) is 17.4 Å². The number of hydrogen-bond acceptors (Lipinski definition) is 6. The third-order valence-corrected chi connectivity index (χ3v) is 6.56. The topological polar surface area (TPSA) is 83.9 Å². The molecule has 1 aromatic heterocycles. The smallest absolute Gasteiger partial charge is 0.325 e. The van der Waals surface area contributed by atoms with Gasteiger partial charge in [0.1, 0.15) is 11.9 Å². The van der Waals surface area contributed by atoms with E-state index < -0.39 is 12.0 Å². The second-order valence-electron chi connectivity index (χ2n) is 8.95. The molecule has 0 spiro atoms. The van der Waals surface area contributed by atoms with Crippen molar-refractivity contribution in [1.29, 1.82) is 0 Å². The largest absolute Gasteiger partial charge is 0.480 e. The van der Waals surface area contributed by atoms with Crippen LogP contribution < -0.4 is 5.32 Å². The fourth-order valence-electron chi connectivity index (χ4n) is 4.86. The molecule has 2 aliphatic rings. The van der Waals surface area contributed by atoms with Gasteiger partial charge in [-0.3, -0.25) is 9.69 Å². The molecule has 0 bridgehead atoms. The highest BCUT2D eigenvalue weighted by molar-refractivity contribution is 5.76.